The Morgan fingerprint density at radius 3 is 2.56 bits per heavy atom. The zero-order chi connectivity index (χ0) is 23.9. The summed E-state index contributed by atoms with van der Waals surface area (Å²) in [5.74, 6) is 1.33. The number of rotatable bonds is 10. The normalized spacial score (nSPS) is 14.0. The van der Waals surface area contributed by atoms with Crippen LogP contribution in [0.15, 0.2) is 66.0 Å². The summed E-state index contributed by atoms with van der Waals surface area (Å²) in [6.07, 6.45) is 2.66. The summed E-state index contributed by atoms with van der Waals surface area (Å²) in [4.78, 5) is 12.0. The minimum absolute atomic E-state index is 0. The summed E-state index contributed by atoms with van der Waals surface area (Å²) >= 11 is 1.63. The van der Waals surface area contributed by atoms with Crippen LogP contribution in [0.25, 0.3) is 11.0 Å². The molecule has 9 heteroatoms. The van der Waals surface area contributed by atoms with Crippen LogP contribution >= 0.6 is 11.8 Å². The lowest BCUT2D eigenvalue weighted by Gasteiger charge is -2.26. The van der Waals surface area contributed by atoms with E-state index >= 15 is 0 Å². The number of hydrogen-bond acceptors (Lipinski definition) is 7. The van der Waals surface area contributed by atoms with Gasteiger partial charge in [-0.1, -0.05) is 67.7 Å². The number of thioether (sulfide) groups is 1. The molecule has 0 aliphatic carbocycles. The van der Waals surface area contributed by atoms with Crippen LogP contribution in [0, 0.1) is 5.82 Å². The molecular formula is C27H33FN6OS. The second-order valence-electron chi connectivity index (χ2n) is 8.44. The number of fused-ring (bicyclic) bond motifs is 1. The van der Waals surface area contributed by atoms with Crippen molar-refractivity contribution in [3.8, 4) is 0 Å². The van der Waals surface area contributed by atoms with E-state index in [-0.39, 0.29) is 13.2 Å². The minimum Gasteiger partial charge on any atom is -0.379 e. The highest BCUT2D eigenvalue weighted by atomic mass is 32.2. The number of nitrogens with one attached hydrogen (secondary N) is 1. The van der Waals surface area contributed by atoms with Gasteiger partial charge >= 0.3 is 0 Å². The smallest absolute Gasteiger partial charge is 0.191 e. The summed E-state index contributed by atoms with van der Waals surface area (Å²) < 4.78 is 21.6. The molecule has 1 fully saturated rings. The largest absolute Gasteiger partial charge is 0.379 e. The van der Waals surface area contributed by atoms with Crippen molar-refractivity contribution in [2.75, 3.05) is 43.9 Å². The molecule has 0 amide bonds. The van der Waals surface area contributed by atoms with E-state index in [0.29, 0.717) is 23.1 Å². The molecule has 5 rings (SSSR count). The lowest BCUT2D eigenvalue weighted by molar-refractivity contribution is 0.0410. The van der Waals surface area contributed by atoms with Gasteiger partial charge in [0.2, 0.25) is 0 Å². The first-order chi connectivity index (χ1) is 17.3. The van der Waals surface area contributed by atoms with E-state index in [4.69, 9.17) is 14.7 Å². The van der Waals surface area contributed by atoms with Crippen LogP contribution in [0.4, 0.5) is 10.2 Å². The number of halogens is 1. The number of nitrogens with zero attached hydrogens (tertiary/aromatic N) is 5. The molecule has 1 N–H and O–H groups in total. The van der Waals surface area contributed by atoms with Crippen molar-refractivity contribution < 1.29 is 9.13 Å². The fraction of sp³-hybridized carbons (Fsp3) is 0.370. The highest BCUT2D eigenvalue weighted by Gasteiger charge is 2.15. The molecular weight excluding hydrogens is 475 g/mol. The number of hydrogen-bond donors (Lipinski definition) is 1. The quantitative estimate of drug-likeness (QED) is 0.242. The Morgan fingerprint density at radius 1 is 0.972 bits per heavy atom. The predicted octanol–water partition coefficient (Wildman–Crippen LogP) is 4.88. The molecule has 1 saturated heterocycles. The molecule has 36 heavy (non-hydrogen) atoms. The number of benzene rings is 2. The maximum Gasteiger partial charge on any atom is 0.191 e. The van der Waals surface area contributed by atoms with Crippen molar-refractivity contribution >= 4 is 28.6 Å². The number of morpholine rings is 1. The SMILES string of the molecule is C.Fc1ccccc1CNc1nc(SCCN2CCOCC2)nc2c1cnn2CCc1ccccc1. The summed E-state index contributed by atoms with van der Waals surface area (Å²) in [5.41, 5.74) is 2.64. The molecule has 4 aromatic rings. The van der Waals surface area contributed by atoms with Crippen LogP contribution in [0.1, 0.15) is 18.6 Å². The Bertz CT molecular complexity index is 1250. The van der Waals surface area contributed by atoms with Gasteiger partial charge in [0.15, 0.2) is 10.8 Å². The summed E-state index contributed by atoms with van der Waals surface area (Å²) in [5, 5.41) is 9.47. The van der Waals surface area contributed by atoms with Gasteiger partial charge in [0.25, 0.3) is 0 Å². The van der Waals surface area contributed by atoms with E-state index in [2.05, 4.69) is 27.4 Å². The Balaban J connectivity index is 0.00000304. The van der Waals surface area contributed by atoms with Crippen LogP contribution in [0.3, 0.4) is 0 Å². The molecule has 190 valence electrons. The van der Waals surface area contributed by atoms with Crippen LogP contribution in [-0.2, 0) is 24.2 Å². The molecule has 3 heterocycles. The minimum atomic E-state index is -0.232. The summed E-state index contributed by atoms with van der Waals surface area (Å²) in [6, 6.07) is 17.1. The van der Waals surface area contributed by atoms with Crippen LogP contribution < -0.4 is 5.32 Å². The van der Waals surface area contributed by atoms with E-state index in [1.54, 1.807) is 30.1 Å². The first-order valence-electron chi connectivity index (χ1n) is 11.9. The molecule has 2 aromatic heterocycles. The Labute approximate surface area is 216 Å². The summed E-state index contributed by atoms with van der Waals surface area (Å²) in [6.45, 7) is 5.52. The van der Waals surface area contributed by atoms with Gasteiger partial charge in [-0.25, -0.2) is 19.0 Å². The number of anilines is 1. The predicted molar refractivity (Wildman–Crippen MR) is 144 cm³/mol. The van der Waals surface area contributed by atoms with Gasteiger partial charge in [-0.05, 0) is 18.1 Å². The summed E-state index contributed by atoms with van der Waals surface area (Å²) in [7, 11) is 0. The first-order valence-corrected chi connectivity index (χ1v) is 12.9. The monoisotopic (exact) mass is 508 g/mol. The fourth-order valence-electron chi connectivity index (χ4n) is 4.09. The zero-order valence-electron chi connectivity index (χ0n) is 19.6. The van der Waals surface area contributed by atoms with E-state index < -0.39 is 0 Å². The van der Waals surface area contributed by atoms with Gasteiger partial charge < -0.3 is 10.1 Å². The third-order valence-electron chi connectivity index (χ3n) is 6.08. The van der Waals surface area contributed by atoms with E-state index in [1.165, 1.54) is 11.6 Å². The van der Waals surface area contributed by atoms with Crippen LogP contribution in [0.2, 0.25) is 0 Å². The second kappa shape index (κ2) is 12.8. The molecule has 2 aromatic carbocycles. The van der Waals surface area contributed by atoms with Gasteiger partial charge in [-0.15, -0.1) is 0 Å². The first kappa shape index (κ1) is 26.1. The third-order valence-corrected chi connectivity index (χ3v) is 6.90. The van der Waals surface area contributed by atoms with Crippen molar-refractivity contribution in [3.63, 3.8) is 0 Å². The fourth-order valence-corrected chi connectivity index (χ4v) is 4.93. The zero-order valence-corrected chi connectivity index (χ0v) is 20.4. The van der Waals surface area contributed by atoms with Gasteiger partial charge in [0, 0.05) is 44.0 Å². The van der Waals surface area contributed by atoms with Gasteiger partial charge in [0.05, 0.1) is 24.8 Å². The Hall–Kier alpha value is -3.01. The van der Waals surface area contributed by atoms with Crippen molar-refractivity contribution in [1.82, 2.24) is 24.6 Å². The van der Waals surface area contributed by atoms with Crippen molar-refractivity contribution in [1.29, 1.82) is 0 Å². The average Bonchev–Trinajstić information content (AvgIpc) is 3.31. The molecule has 1 aliphatic rings. The average molecular weight is 509 g/mol. The van der Waals surface area contributed by atoms with Crippen molar-refractivity contribution in [3.05, 3.63) is 77.7 Å². The van der Waals surface area contributed by atoms with E-state index in [0.717, 1.165) is 62.6 Å². The number of aromatic nitrogens is 4. The molecule has 0 spiro atoms. The molecule has 0 bridgehead atoms. The van der Waals surface area contributed by atoms with Crippen molar-refractivity contribution in [2.45, 2.75) is 32.1 Å². The molecule has 7 nitrogen and oxygen atoms in total. The topological polar surface area (TPSA) is 68.1 Å². The van der Waals surface area contributed by atoms with Gasteiger partial charge in [-0.2, -0.15) is 5.10 Å². The van der Waals surface area contributed by atoms with Crippen molar-refractivity contribution in [2.24, 2.45) is 0 Å². The maximum atomic E-state index is 14.2. The lowest BCUT2D eigenvalue weighted by Crippen LogP contribution is -2.37. The van der Waals surface area contributed by atoms with Crippen LogP contribution in [-0.4, -0.2) is 63.2 Å². The van der Waals surface area contributed by atoms with Gasteiger partial charge in [0.1, 0.15) is 11.6 Å². The molecule has 0 radical (unpaired) electrons. The van der Waals surface area contributed by atoms with Crippen LogP contribution in [0.5, 0.6) is 0 Å². The second-order valence-corrected chi connectivity index (χ2v) is 9.50. The Morgan fingerprint density at radius 2 is 1.75 bits per heavy atom. The standard InChI is InChI=1S/C26H29FN6OS.CH4/c27-23-9-5-4-8-21(23)18-28-24-22-19-29-33(11-10-20-6-2-1-3-7-20)25(22)31-26(30-24)35-17-14-32-12-15-34-16-13-32;/h1-9,19H,10-18H2,(H,28,30,31);1H4. The van der Waals surface area contributed by atoms with Gasteiger partial charge in [-0.3, -0.25) is 4.90 Å². The molecule has 0 saturated carbocycles. The highest BCUT2D eigenvalue weighted by Crippen LogP contribution is 2.25. The third kappa shape index (κ3) is 6.60. The molecule has 0 atom stereocenters. The molecule has 0 unspecified atom stereocenters. The number of aryl methyl sites for hydroxylation is 2. The number of ether oxygens (including phenoxy) is 1. The Kier molecular flexibility index (Phi) is 9.27. The lowest BCUT2D eigenvalue weighted by atomic mass is 10.1. The highest BCUT2D eigenvalue weighted by molar-refractivity contribution is 7.99. The maximum absolute atomic E-state index is 14.2. The van der Waals surface area contributed by atoms with E-state index in [9.17, 15) is 4.39 Å². The van der Waals surface area contributed by atoms with E-state index in [1.807, 2.05) is 28.9 Å². The molecule has 1 aliphatic heterocycles.